The molecule has 0 aliphatic carbocycles. The number of nitrogens with two attached hydrogens (primary N) is 1. The highest BCUT2D eigenvalue weighted by Gasteiger charge is 2.21. The van der Waals surface area contributed by atoms with Crippen LogP contribution in [0.2, 0.25) is 0 Å². The van der Waals surface area contributed by atoms with Crippen molar-refractivity contribution in [3.8, 4) is 0 Å². The molecule has 0 aromatic carbocycles. The van der Waals surface area contributed by atoms with Gasteiger partial charge in [0, 0.05) is 31.4 Å². The number of likely N-dealkylation sites (tertiary alicyclic amines) is 1. The molecule has 90 valence electrons. The average Bonchev–Trinajstić information content (AvgIpc) is 2.89. The quantitative estimate of drug-likeness (QED) is 0.811. The van der Waals surface area contributed by atoms with E-state index in [1.54, 1.807) is 0 Å². The maximum absolute atomic E-state index is 5.60. The maximum Gasteiger partial charge on any atom is 0.0534 e. The van der Waals surface area contributed by atoms with Crippen molar-refractivity contribution in [1.82, 2.24) is 14.7 Å². The Kier molecular flexibility index (Phi) is 3.96. The van der Waals surface area contributed by atoms with Crippen LogP contribution in [-0.4, -0.2) is 34.3 Å². The first-order valence-electron chi connectivity index (χ1n) is 6.25. The van der Waals surface area contributed by atoms with Crippen molar-refractivity contribution < 1.29 is 0 Å². The summed E-state index contributed by atoms with van der Waals surface area (Å²) in [5, 5.41) is 4.30. The summed E-state index contributed by atoms with van der Waals surface area (Å²) in [5.41, 5.74) is 6.92. The van der Waals surface area contributed by atoms with Gasteiger partial charge in [0.05, 0.1) is 6.20 Å². The smallest absolute Gasteiger partial charge is 0.0534 e. The fraction of sp³-hybridized carbons (Fsp3) is 0.750. The van der Waals surface area contributed by atoms with Gasteiger partial charge in [-0.05, 0) is 38.8 Å². The second kappa shape index (κ2) is 5.46. The molecule has 1 aromatic rings. The first kappa shape index (κ1) is 11.6. The van der Waals surface area contributed by atoms with Crippen LogP contribution < -0.4 is 5.73 Å². The van der Waals surface area contributed by atoms with Crippen molar-refractivity contribution in [3.63, 3.8) is 0 Å². The molecule has 0 saturated carbocycles. The lowest BCUT2D eigenvalue weighted by Gasteiger charge is -2.14. The van der Waals surface area contributed by atoms with Crippen molar-refractivity contribution in [3.05, 3.63) is 18.0 Å². The molecule has 0 bridgehead atoms. The third-order valence-electron chi connectivity index (χ3n) is 3.36. The molecule has 1 atom stereocenters. The van der Waals surface area contributed by atoms with Gasteiger partial charge in [0.1, 0.15) is 0 Å². The fourth-order valence-electron chi connectivity index (χ4n) is 2.45. The third kappa shape index (κ3) is 2.83. The monoisotopic (exact) mass is 222 g/mol. The summed E-state index contributed by atoms with van der Waals surface area (Å²) >= 11 is 0. The van der Waals surface area contributed by atoms with Gasteiger partial charge in [-0.15, -0.1) is 0 Å². The van der Waals surface area contributed by atoms with Crippen LogP contribution in [0, 0.1) is 5.92 Å². The van der Waals surface area contributed by atoms with Gasteiger partial charge in [0.25, 0.3) is 0 Å². The predicted molar refractivity (Wildman–Crippen MR) is 65.0 cm³/mol. The normalized spacial score (nSPS) is 21.8. The summed E-state index contributed by atoms with van der Waals surface area (Å²) in [6, 6.07) is 0. The molecular weight excluding hydrogens is 200 g/mol. The van der Waals surface area contributed by atoms with Gasteiger partial charge in [-0.1, -0.05) is 0 Å². The van der Waals surface area contributed by atoms with Crippen molar-refractivity contribution in [1.29, 1.82) is 0 Å². The Balaban J connectivity index is 1.82. The molecule has 16 heavy (non-hydrogen) atoms. The van der Waals surface area contributed by atoms with E-state index >= 15 is 0 Å². The van der Waals surface area contributed by atoms with Gasteiger partial charge in [-0.3, -0.25) is 9.58 Å². The zero-order valence-electron chi connectivity index (χ0n) is 10.1. The zero-order chi connectivity index (χ0) is 11.4. The van der Waals surface area contributed by atoms with E-state index in [0.717, 1.165) is 25.6 Å². The van der Waals surface area contributed by atoms with E-state index in [1.807, 2.05) is 10.9 Å². The fourth-order valence-corrected chi connectivity index (χ4v) is 2.45. The Bertz CT molecular complexity index is 321. The Morgan fingerprint density at radius 2 is 2.44 bits per heavy atom. The van der Waals surface area contributed by atoms with Gasteiger partial charge in [0.2, 0.25) is 0 Å². The summed E-state index contributed by atoms with van der Waals surface area (Å²) in [4.78, 5) is 2.51. The predicted octanol–water partition coefficient (Wildman–Crippen LogP) is 1.07. The van der Waals surface area contributed by atoms with E-state index in [2.05, 4.69) is 23.1 Å². The molecule has 0 amide bonds. The molecule has 1 aliphatic heterocycles. The number of hydrogen-bond acceptors (Lipinski definition) is 3. The largest absolute Gasteiger partial charge is 0.330 e. The highest BCUT2D eigenvalue weighted by atomic mass is 15.3. The molecular formula is C12H22N4. The molecule has 1 fully saturated rings. The first-order valence-corrected chi connectivity index (χ1v) is 6.25. The highest BCUT2D eigenvalue weighted by molar-refractivity contribution is 5.04. The van der Waals surface area contributed by atoms with Crippen LogP contribution in [0.1, 0.15) is 25.3 Å². The second-order valence-corrected chi connectivity index (χ2v) is 4.67. The van der Waals surface area contributed by atoms with Crippen molar-refractivity contribution in [2.45, 2.75) is 32.9 Å². The van der Waals surface area contributed by atoms with Crippen LogP contribution in [-0.2, 0) is 13.1 Å². The summed E-state index contributed by atoms with van der Waals surface area (Å²) in [5.74, 6) is 0.811. The van der Waals surface area contributed by atoms with E-state index in [-0.39, 0.29) is 0 Å². The molecule has 2 rings (SSSR count). The van der Waals surface area contributed by atoms with Crippen LogP contribution >= 0.6 is 0 Å². The topological polar surface area (TPSA) is 47.1 Å². The SMILES string of the molecule is CCn1cc(CN2CCC(CCN)C2)cn1. The molecule has 0 spiro atoms. The van der Waals surface area contributed by atoms with Crippen LogP contribution in [0.3, 0.4) is 0 Å². The van der Waals surface area contributed by atoms with Crippen LogP contribution in [0.5, 0.6) is 0 Å². The minimum atomic E-state index is 0.811. The summed E-state index contributed by atoms with van der Waals surface area (Å²) in [6.45, 7) is 7.35. The van der Waals surface area contributed by atoms with Gasteiger partial charge in [-0.2, -0.15) is 5.10 Å². The number of hydrogen-bond donors (Lipinski definition) is 1. The Labute approximate surface area is 97.4 Å². The average molecular weight is 222 g/mol. The molecule has 1 aliphatic rings. The van der Waals surface area contributed by atoms with Gasteiger partial charge >= 0.3 is 0 Å². The molecule has 0 radical (unpaired) electrons. The summed E-state index contributed by atoms with van der Waals surface area (Å²) < 4.78 is 1.99. The molecule has 1 unspecified atom stereocenters. The van der Waals surface area contributed by atoms with Gasteiger partial charge < -0.3 is 5.73 Å². The molecule has 1 saturated heterocycles. The zero-order valence-corrected chi connectivity index (χ0v) is 10.1. The number of nitrogens with zero attached hydrogens (tertiary/aromatic N) is 3. The molecule has 4 heteroatoms. The lowest BCUT2D eigenvalue weighted by Crippen LogP contribution is -2.20. The lowest BCUT2D eigenvalue weighted by molar-refractivity contribution is 0.314. The first-order chi connectivity index (χ1) is 7.81. The van der Waals surface area contributed by atoms with Crippen LogP contribution in [0.25, 0.3) is 0 Å². The van der Waals surface area contributed by atoms with E-state index in [4.69, 9.17) is 5.73 Å². The van der Waals surface area contributed by atoms with E-state index in [1.165, 1.54) is 31.5 Å². The van der Waals surface area contributed by atoms with E-state index in [0.29, 0.717) is 0 Å². The number of rotatable bonds is 5. The Morgan fingerprint density at radius 1 is 1.56 bits per heavy atom. The van der Waals surface area contributed by atoms with E-state index < -0.39 is 0 Å². The number of aryl methyl sites for hydroxylation is 1. The standard InChI is InChI=1S/C12H22N4/c1-2-16-10-12(7-14-16)9-15-6-4-11(8-15)3-5-13/h7,10-11H,2-6,8-9,13H2,1H3. The maximum atomic E-state index is 5.60. The molecule has 2 N–H and O–H groups in total. The van der Waals surface area contributed by atoms with Crippen LogP contribution in [0.4, 0.5) is 0 Å². The molecule has 4 nitrogen and oxygen atoms in total. The minimum absolute atomic E-state index is 0.811. The Morgan fingerprint density at radius 3 is 3.12 bits per heavy atom. The summed E-state index contributed by atoms with van der Waals surface area (Å²) in [7, 11) is 0. The highest BCUT2D eigenvalue weighted by Crippen LogP contribution is 2.20. The molecule has 1 aromatic heterocycles. The second-order valence-electron chi connectivity index (χ2n) is 4.67. The van der Waals surface area contributed by atoms with Gasteiger partial charge in [0.15, 0.2) is 0 Å². The number of aromatic nitrogens is 2. The van der Waals surface area contributed by atoms with Crippen molar-refractivity contribution >= 4 is 0 Å². The lowest BCUT2D eigenvalue weighted by atomic mass is 10.1. The van der Waals surface area contributed by atoms with Crippen molar-refractivity contribution in [2.75, 3.05) is 19.6 Å². The van der Waals surface area contributed by atoms with Gasteiger partial charge in [-0.25, -0.2) is 0 Å². The van der Waals surface area contributed by atoms with Crippen LogP contribution in [0.15, 0.2) is 12.4 Å². The Hall–Kier alpha value is -0.870. The molecule has 2 heterocycles. The third-order valence-corrected chi connectivity index (χ3v) is 3.36. The van der Waals surface area contributed by atoms with E-state index in [9.17, 15) is 0 Å². The minimum Gasteiger partial charge on any atom is -0.330 e. The summed E-state index contributed by atoms with van der Waals surface area (Å²) in [6.07, 6.45) is 6.61. The van der Waals surface area contributed by atoms with Crippen molar-refractivity contribution in [2.24, 2.45) is 11.7 Å².